The number of carbonyl (C=O) groups is 2. The van der Waals surface area contributed by atoms with Gasteiger partial charge in [-0.15, -0.1) is 0 Å². The molecule has 0 aromatic heterocycles. The van der Waals surface area contributed by atoms with Gasteiger partial charge in [0.25, 0.3) is 0 Å². The molecule has 14 heteroatoms. The molecule has 0 radical (unpaired) electrons. The summed E-state index contributed by atoms with van der Waals surface area (Å²) < 4.78 is 47.6. The Labute approximate surface area is 297 Å². The molecule has 0 saturated heterocycles. The summed E-state index contributed by atoms with van der Waals surface area (Å²) in [6.07, 6.45) is 0.800. The van der Waals surface area contributed by atoms with Gasteiger partial charge in [0.1, 0.15) is 13.2 Å². The van der Waals surface area contributed by atoms with E-state index in [2.05, 4.69) is 4.52 Å². The Balaban J connectivity index is -0.000000324. The zero-order valence-electron chi connectivity index (χ0n) is 24.6. The van der Waals surface area contributed by atoms with Gasteiger partial charge in [-0.3, -0.25) is 18.7 Å². The van der Waals surface area contributed by atoms with Gasteiger partial charge in [0.05, 0.1) is 24.2 Å². The van der Waals surface area contributed by atoms with Crippen LogP contribution in [-0.4, -0.2) is 50.5 Å². The fourth-order valence-corrected chi connectivity index (χ4v) is 5.15. The Morgan fingerprint density at radius 1 is 0.698 bits per heavy atom. The Morgan fingerprint density at radius 2 is 1.05 bits per heavy atom. The van der Waals surface area contributed by atoms with Crippen LogP contribution in [0.25, 0.3) is 0 Å². The molecule has 1 N–H and O–H groups in total. The monoisotopic (exact) mass is 768 g/mol. The van der Waals surface area contributed by atoms with Crippen LogP contribution in [0.15, 0.2) is 60.7 Å². The molecule has 2 aromatic carbocycles. The van der Waals surface area contributed by atoms with Crippen molar-refractivity contribution in [2.75, 3.05) is 33.7 Å². The standard InChI is InChI=1S/C14H21O5P.C13H19O5P.2CH4.HI.Na/c1-12(9-10-20(16,17-2)18-3)14(15)19-11-13-7-5-4-6-8-13;1-11(8-9-19(15,16)17-2)13(14)18-10-12-6-4-3-5-7-12;;;;/h4-8,12H,9-11H2,1-3H3;3-7,11H,8-10H2,1-2H3,(H,15,16);2*1H4;1H;/q;;;;;+1/p-1/t12-;11-;;;;/m00..../s1. The molecule has 2 aromatic rings. The Hall–Kier alpha value is -0.590. The molecule has 1 unspecified atom stereocenters. The predicted molar refractivity (Wildman–Crippen MR) is 162 cm³/mol. The third-order valence-corrected chi connectivity index (χ3v) is 9.09. The zero-order chi connectivity index (χ0) is 29.3. The van der Waals surface area contributed by atoms with Crippen LogP contribution >= 0.6 is 15.2 Å². The van der Waals surface area contributed by atoms with Gasteiger partial charge in [-0.25, -0.2) is 0 Å². The van der Waals surface area contributed by atoms with E-state index < -0.39 is 21.1 Å². The first-order chi connectivity index (χ1) is 18.4. The number of hydrogen-bond donors (Lipinski definition) is 1. The van der Waals surface area contributed by atoms with Crippen molar-refractivity contribution in [1.29, 1.82) is 0 Å². The van der Waals surface area contributed by atoms with E-state index in [4.69, 9.17) is 18.5 Å². The summed E-state index contributed by atoms with van der Waals surface area (Å²) in [5, 5.41) is 0. The van der Waals surface area contributed by atoms with E-state index in [1.807, 2.05) is 60.7 Å². The van der Waals surface area contributed by atoms with E-state index in [1.54, 1.807) is 13.8 Å². The molecular weight excluding hydrogens is 720 g/mol. The molecule has 3 atom stereocenters. The molecule has 0 fully saturated rings. The SMILES string of the molecule is C.C.COP(=O)(CC[C@H](C)C(=O)OCc1ccccc1)OC.COP(=O)(O)CC[C@H](C)C(=O)OCc1ccccc1.[I-].[Na+]. The minimum absolute atomic E-state index is 0. The normalized spacial score (nSPS) is 12.9. The molecule has 0 amide bonds. The summed E-state index contributed by atoms with van der Waals surface area (Å²) in [6.45, 7) is 3.87. The second kappa shape index (κ2) is 26.6. The Morgan fingerprint density at radius 3 is 1.37 bits per heavy atom. The van der Waals surface area contributed by atoms with Gasteiger partial charge >= 0.3 is 56.7 Å². The number of carbonyl (C=O) groups excluding carboxylic acids is 2. The van der Waals surface area contributed by atoms with Crippen LogP contribution in [0.5, 0.6) is 0 Å². The van der Waals surface area contributed by atoms with Crippen LogP contribution in [0.3, 0.4) is 0 Å². The maximum absolute atomic E-state index is 11.9. The molecule has 10 nitrogen and oxygen atoms in total. The van der Waals surface area contributed by atoms with Crippen molar-refractivity contribution in [1.82, 2.24) is 0 Å². The summed E-state index contributed by atoms with van der Waals surface area (Å²) in [5.74, 6) is -1.47. The number of halogens is 1. The fraction of sp³-hybridized carbons (Fsp3) is 0.517. The van der Waals surface area contributed by atoms with Crippen LogP contribution in [0.1, 0.15) is 52.7 Å². The molecule has 0 spiro atoms. The average molecular weight is 769 g/mol. The van der Waals surface area contributed by atoms with Gasteiger partial charge in [0.15, 0.2) is 0 Å². The molecule has 0 aliphatic heterocycles. The topological polar surface area (TPSA) is 135 Å². The summed E-state index contributed by atoms with van der Waals surface area (Å²) in [5.41, 5.74) is 1.85. The number of rotatable bonds is 15. The summed E-state index contributed by atoms with van der Waals surface area (Å²) in [7, 11) is -2.76. The molecule has 0 aliphatic rings. The second-order valence-corrected chi connectivity index (χ2v) is 13.3. The van der Waals surface area contributed by atoms with E-state index >= 15 is 0 Å². The van der Waals surface area contributed by atoms with Crippen LogP contribution in [0.2, 0.25) is 0 Å². The van der Waals surface area contributed by atoms with Crippen LogP contribution < -0.4 is 53.5 Å². The maximum atomic E-state index is 11.9. The van der Waals surface area contributed by atoms with Gasteiger partial charge in [0.2, 0.25) is 0 Å². The average Bonchev–Trinajstić information content (AvgIpc) is 2.97. The molecule has 0 saturated carbocycles. The molecule has 0 heterocycles. The third-order valence-electron chi connectivity index (χ3n) is 5.77. The minimum Gasteiger partial charge on any atom is -1.00 e. The smallest absolute Gasteiger partial charge is 1.00 e. The Bertz CT molecular complexity index is 1090. The largest absolute Gasteiger partial charge is 1.00 e. The third kappa shape index (κ3) is 21.7. The number of hydrogen-bond acceptors (Lipinski definition) is 9. The van der Waals surface area contributed by atoms with Gasteiger partial charge in [0, 0.05) is 21.3 Å². The van der Waals surface area contributed by atoms with E-state index in [-0.39, 0.29) is 118 Å². The maximum Gasteiger partial charge on any atom is 1.00 e. The van der Waals surface area contributed by atoms with Crippen LogP contribution in [0.4, 0.5) is 0 Å². The van der Waals surface area contributed by atoms with Crippen molar-refractivity contribution < 1.29 is 100 Å². The summed E-state index contributed by atoms with van der Waals surface area (Å²) in [6, 6.07) is 18.8. The van der Waals surface area contributed by atoms with E-state index in [0.29, 0.717) is 6.42 Å². The zero-order valence-corrected chi connectivity index (χ0v) is 30.5. The summed E-state index contributed by atoms with van der Waals surface area (Å²) >= 11 is 0. The van der Waals surface area contributed by atoms with Gasteiger partial charge in [-0.05, 0) is 24.0 Å². The van der Waals surface area contributed by atoms with Crippen LogP contribution in [0, 0.1) is 11.8 Å². The predicted octanol–water partition coefficient (Wildman–Crippen LogP) is 1.11. The molecule has 0 aliphatic carbocycles. The quantitative estimate of drug-likeness (QED) is 0.122. The minimum atomic E-state index is -3.55. The molecular formula is C29H48INaO10P2. The van der Waals surface area contributed by atoms with Gasteiger partial charge < -0.3 is 51.9 Å². The summed E-state index contributed by atoms with van der Waals surface area (Å²) in [4.78, 5) is 32.7. The molecule has 242 valence electrons. The number of benzene rings is 2. The van der Waals surface area contributed by atoms with Crippen molar-refractivity contribution in [2.24, 2.45) is 11.8 Å². The van der Waals surface area contributed by atoms with Crippen molar-refractivity contribution in [2.45, 2.75) is 54.8 Å². The van der Waals surface area contributed by atoms with Crippen LogP contribution in [-0.2, 0) is 55.0 Å². The number of ether oxygens (including phenoxy) is 2. The van der Waals surface area contributed by atoms with E-state index in [1.165, 1.54) is 21.3 Å². The van der Waals surface area contributed by atoms with Crippen molar-refractivity contribution in [3.05, 3.63) is 71.8 Å². The first kappa shape index (κ1) is 49.3. The first-order valence-electron chi connectivity index (χ1n) is 12.4. The van der Waals surface area contributed by atoms with Crippen molar-refractivity contribution in [3.8, 4) is 0 Å². The van der Waals surface area contributed by atoms with E-state index in [9.17, 15) is 23.6 Å². The van der Waals surface area contributed by atoms with Crippen molar-refractivity contribution in [3.63, 3.8) is 0 Å². The number of esters is 2. The van der Waals surface area contributed by atoms with Crippen molar-refractivity contribution >= 4 is 27.1 Å². The molecule has 43 heavy (non-hydrogen) atoms. The second-order valence-electron chi connectivity index (χ2n) is 8.81. The van der Waals surface area contributed by atoms with E-state index in [0.717, 1.165) is 11.1 Å². The van der Waals surface area contributed by atoms with Gasteiger partial charge in [-0.2, -0.15) is 0 Å². The molecule has 2 rings (SSSR count). The fourth-order valence-electron chi connectivity index (χ4n) is 3.03. The van der Waals surface area contributed by atoms with Gasteiger partial charge in [-0.1, -0.05) is 89.4 Å². The molecule has 0 bridgehead atoms. The first-order valence-corrected chi connectivity index (χ1v) is 15.9. The Kier molecular flexibility index (Phi) is 30.5.